The quantitative estimate of drug-likeness (QED) is 0.219. The van der Waals surface area contributed by atoms with Crippen LogP contribution in [-0.4, -0.2) is 34.1 Å². The lowest BCUT2D eigenvalue weighted by atomic mass is 10.2. The van der Waals surface area contributed by atoms with Crippen molar-refractivity contribution in [2.75, 3.05) is 13.2 Å². The van der Waals surface area contributed by atoms with Gasteiger partial charge in [0.1, 0.15) is 24.7 Å². The van der Waals surface area contributed by atoms with Crippen molar-refractivity contribution in [1.82, 2.24) is 4.90 Å². The molecule has 3 aromatic carbocycles. The summed E-state index contributed by atoms with van der Waals surface area (Å²) < 4.78 is 11.3. The molecule has 35 heavy (non-hydrogen) atoms. The predicted molar refractivity (Wildman–Crippen MR) is 133 cm³/mol. The Bertz CT molecular complexity index is 1290. The van der Waals surface area contributed by atoms with Gasteiger partial charge in [0.25, 0.3) is 16.8 Å². The zero-order valence-corrected chi connectivity index (χ0v) is 19.7. The van der Waals surface area contributed by atoms with E-state index in [4.69, 9.17) is 9.47 Å². The molecule has 1 saturated heterocycles. The molecular formula is C26H22N2O6S. The largest absolute Gasteiger partial charge is 0.492 e. The molecule has 8 nitrogen and oxygen atoms in total. The van der Waals surface area contributed by atoms with Crippen LogP contribution in [0.3, 0.4) is 0 Å². The molecule has 0 bridgehead atoms. The van der Waals surface area contributed by atoms with Gasteiger partial charge in [0, 0.05) is 6.07 Å². The number of hydrogen-bond donors (Lipinski definition) is 0. The average molecular weight is 491 g/mol. The lowest BCUT2D eigenvalue weighted by Gasteiger charge is -2.13. The zero-order valence-electron chi connectivity index (χ0n) is 18.9. The number of para-hydroxylation sites is 1. The van der Waals surface area contributed by atoms with Crippen LogP contribution in [0.2, 0.25) is 0 Å². The molecule has 9 heteroatoms. The number of nitrogens with zero attached hydrogens (tertiary/aromatic N) is 2. The smallest absolute Gasteiger partial charge is 0.293 e. The number of hydrogen-bond acceptors (Lipinski definition) is 7. The number of nitro benzene ring substituents is 1. The summed E-state index contributed by atoms with van der Waals surface area (Å²) in [5, 5.41) is 10.8. The molecule has 2 amide bonds. The van der Waals surface area contributed by atoms with Crippen LogP contribution in [-0.2, 0) is 11.4 Å². The Morgan fingerprint density at radius 3 is 2.49 bits per heavy atom. The van der Waals surface area contributed by atoms with Gasteiger partial charge in [-0.1, -0.05) is 36.4 Å². The predicted octanol–water partition coefficient (Wildman–Crippen LogP) is 5.60. The fourth-order valence-electron chi connectivity index (χ4n) is 3.44. The van der Waals surface area contributed by atoms with E-state index in [1.165, 1.54) is 11.0 Å². The fourth-order valence-corrected chi connectivity index (χ4v) is 4.30. The summed E-state index contributed by atoms with van der Waals surface area (Å²) in [6, 6.07) is 20.9. The molecule has 1 aliphatic heterocycles. The summed E-state index contributed by atoms with van der Waals surface area (Å²) in [6.45, 7) is 2.39. The molecule has 0 spiro atoms. The van der Waals surface area contributed by atoms with E-state index < -0.39 is 4.92 Å². The lowest BCUT2D eigenvalue weighted by Crippen LogP contribution is -2.32. The van der Waals surface area contributed by atoms with Crippen molar-refractivity contribution in [3.05, 3.63) is 105 Å². The molecule has 1 aliphatic rings. The Hall–Kier alpha value is -4.11. The first kappa shape index (κ1) is 24.0. The lowest BCUT2D eigenvalue weighted by molar-refractivity contribution is -0.385. The number of benzene rings is 3. The summed E-state index contributed by atoms with van der Waals surface area (Å²) in [4.78, 5) is 37.2. The first-order chi connectivity index (χ1) is 16.9. The molecule has 0 aromatic heterocycles. The summed E-state index contributed by atoms with van der Waals surface area (Å²) >= 11 is 0.889. The summed E-state index contributed by atoms with van der Waals surface area (Å²) in [6.07, 6.45) is 1.65. The standard InChI is InChI=1S/C26H22N2O6S/c1-18-5-4-7-22(15-18)33-14-13-27-25(29)24(35-26(27)30)16-19-9-11-21(12-10-19)34-17-20-6-2-3-8-23(20)28(31)32/h2-12,15-16H,13-14,17H2,1H3/b24-16-. The van der Waals surface area contributed by atoms with Crippen LogP contribution in [0.15, 0.2) is 77.7 Å². The molecule has 178 valence electrons. The molecule has 0 radical (unpaired) electrons. The van der Waals surface area contributed by atoms with Crippen LogP contribution >= 0.6 is 11.8 Å². The highest BCUT2D eigenvalue weighted by atomic mass is 32.2. The molecule has 3 aromatic rings. The van der Waals surface area contributed by atoms with E-state index in [2.05, 4.69) is 0 Å². The SMILES string of the molecule is Cc1cccc(OCCN2C(=O)S/C(=C\c3ccc(OCc4ccccc4[N+](=O)[O-])cc3)C2=O)c1. The van der Waals surface area contributed by atoms with Gasteiger partial charge in [-0.3, -0.25) is 24.6 Å². The molecule has 0 N–H and O–H groups in total. The van der Waals surface area contributed by atoms with Crippen molar-refractivity contribution >= 4 is 34.7 Å². The van der Waals surface area contributed by atoms with Crippen LogP contribution in [0.25, 0.3) is 6.08 Å². The monoisotopic (exact) mass is 490 g/mol. The highest BCUT2D eigenvalue weighted by Crippen LogP contribution is 2.32. The number of carbonyl (C=O) groups is 2. The van der Waals surface area contributed by atoms with Crippen molar-refractivity contribution in [3.8, 4) is 11.5 Å². The number of aryl methyl sites for hydroxylation is 1. The van der Waals surface area contributed by atoms with E-state index in [0.717, 1.165) is 22.9 Å². The van der Waals surface area contributed by atoms with Gasteiger partial charge in [-0.2, -0.15) is 0 Å². The van der Waals surface area contributed by atoms with Gasteiger partial charge in [-0.05, 0) is 66.2 Å². The van der Waals surface area contributed by atoms with E-state index in [1.54, 1.807) is 48.5 Å². The van der Waals surface area contributed by atoms with Crippen LogP contribution in [0.4, 0.5) is 10.5 Å². The number of amides is 2. The number of rotatable bonds is 9. The minimum absolute atomic E-state index is 0.00382. The highest BCUT2D eigenvalue weighted by molar-refractivity contribution is 8.18. The first-order valence-electron chi connectivity index (χ1n) is 10.8. The van der Waals surface area contributed by atoms with Gasteiger partial charge in [-0.25, -0.2) is 0 Å². The molecule has 1 heterocycles. The van der Waals surface area contributed by atoms with Crippen molar-refractivity contribution < 1.29 is 24.0 Å². The Balaban J connectivity index is 1.34. The van der Waals surface area contributed by atoms with E-state index >= 15 is 0 Å². The summed E-state index contributed by atoms with van der Waals surface area (Å²) in [7, 11) is 0. The van der Waals surface area contributed by atoms with Crippen molar-refractivity contribution in [2.24, 2.45) is 0 Å². The molecule has 0 atom stereocenters. The number of carbonyl (C=O) groups excluding carboxylic acids is 2. The Labute approximate surface area is 206 Å². The molecular weight excluding hydrogens is 468 g/mol. The second-order valence-electron chi connectivity index (χ2n) is 7.74. The Morgan fingerprint density at radius 1 is 0.971 bits per heavy atom. The van der Waals surface area contributed by atoms with E-state index in [1.807, 2.05) is 31.2 Å². The van der Waals surface area contributed by atoms with Crippen LogP contribution < -0.4 is 9.47 Å². The summed E-state index contributed by atoms with van der Waals surface area (Å²) in [5.41, 5.74) is 2.27. The maximum atomic E-state index is 12.7. The fraction of sp³-hybridized carbons (Fsp3) is 0.154. The van der Waals surface area contributed by atoms with Crippen molar-refractivity contribution in [1.29, 1.82) is 0 Å². The normalized spacial score (nSPS) is 14.4. The molecule has 0 aliphatic carbocycles. The maximum absolute atomic E-state index is 12.7. The average Bonchev–Trinajstić information content (AvgIpc) is 3.11. The van der Waals surface area contributed by atoms with Crippen LogP contribution in [0.5, 0.6) is 11.5 Å². The van der Waals surface area contributed by atoms with Crippen LogP contribution in [0, 0.1) is 17.0 Å². The Kier molecular flexibility index (Phi) is 7.47. The molecule has 0 saturated carbocycles. The topological polar surface area (TPSA) is 99.0 Å². The Morgan fingerprint density at radius 2 is 1.74 bits per heavy atom. The molecule has 1 fully saturated rings. The third kappa shape index (κ3) is 6.07. The second-order valence-corrected chi connectivity index (χ2v) is 8.74. The van der Waals surface area contributed by atoms with Crippen molar-refractivity contribution in [2.45, 2.75) is 13.5 Å². The van der Waals surface area contributed by atoms with Gasteiger partial charge in [0.05, 0.1) is 21.9 Å². The second kappa shape index (κ2) is 10.9. The van der Waals surface area contributed by atoms with Crippen molar-refractivity contribution in [3.63, 3.8) is 0 Å². The molecule has 4 rings (SSSR count). The number of thioether (sulfide) groups is 1. The molecule has 0 unspecified atom stereocenters. The van der Waals surface area contributed by atoms with E-state index in [9.17, 15) is 19.7 Å². The van der Waals surface area contributed by atoms with Gasteiger partial charge >= 0.3 is 0 Å². The third-order valence-corrected chi connectivity index (χ3v) is 6.11. The summed E-state index contributed by atoms with van der Waals surface area (Å²) in [5.74, 6) is 0.864. The van der Waals surface area contributed by atoms with Gasteiger partial charge in [0.15, 0.2) is 0 Å². The third-order valence-electron chi connectivity index (χ3n) is 5.21. The first-order valence-corrected chi connectivity index (χ1v) is 11.6. The maximum Gasteiger partial charge on any atom is 0.293 e. The highest BCUT2D eigenvalue weighted by Gasteiger charge is 2.34. The zero-order chi connectivity index (χ0) is 24.8. The van der Waals surface area contributed by atoms with Gasteiger partial charge in [0.2, 0.25) is 0 Å². The van der Waals surface area contributed by atoms with Gasteiger partial charge < -0.3 is 9.47 Å². The minimum Gasteiger partial charge on any atom is -0.492 e. The number of ether oxygens (including phenoxy) is 2. The number of imide groups is 1. The number of nitro groups is 1. The van der Waals surface area contributed by atoms with Crippen LogP contribution in [0.1, 0.15) is 16.7 Å². The van der Waals surface area contributed by atoms with Gasteiger partial charge in [-0.15, -0.1) is 0 Å². The van der Waals surface area contributed by atoms with E-state index in [0.29, 0.717) is 22.0 Å². The minimum atomic E-state index is -0.441. The van der Waals surface area contributed by atoms with E-state index in [-0.39, 0.29) is 36.6 Å².